The van der Waals surface area contributed by atoms with E-state index in [4.69, 9.17) is 4.74 Å². The molecule has 2 rings (SSSR count). The number of ether oxygens (including phenoxy) is 1. The van der Waals surface area contributed by atoms with Crippen LogP contribution in [0.3, 0.4) is 0 Å². The Hall–Kier alpha value is -2.43. The average Bonchev–Trinajstić information content (AvgIpc) is 2.39. The minimum atomic E-state index is -0.591. The van der Waals surface area contributed by atoms with Crippen LogP contribution in [-0.2, 0) is 0 Å². The summed E-state index contributed by atoms with van der Waals surface area (Å²) in [5, 5.41) is 10.9. The molecule has 2 aromatic rings. The fourth-order valence-corrected chi connectivity index (χ4v) is 1.72. The zero-order valence-corrected chi connectivity index (χ0v) is 10.2. The fourth-order valence-electron chi connectivity index (χ4n) is 1.72. The summed E-state index contributed by atoms with van der Waals surface area (Å²) in [6, 6.07) is 12.4. The zero-order valence-electron chi connectivity index (χ0n) is 10.2. The van der Waals surface area contributed by atoms with E-state index in [1.54, 1.807) is 6.92 Å². The van der Waals surface area contributed by atoms with E-state index >= 15 is 0 Å². The van der Waals surface area contributed by atoms with Gasteiger partial charge < -0.3 is 4.74 Å². The predicted molar refractivity (Wildman–Crippen MR) is 68.5 cm³/mol. The number of halogens is 1. The molecular weight excluding hydrogens is 249 g/mol. The smallest absolute Gasteiger partial charge is 0.311 e. The van der Waals surface area contributed by atoms with Crippen LogP contribution >= 0.6 is 0 Å². The topological polar surface area (TPSA) is 52.4 Å². The standard InChI is InChI=1S/C14H12FNO3/c1-10(11-5-3-2-4-6-11)19-14-9-12(15)7-8-13(14)16(17)18/h2-10H,1H3/t10-/m1/s1. The van der Waals surface area contributed by atoms with Crippen molar-refractivity contribution in [3.63, 3.8) is 0 Å². The van der Waals surface area contributed by atoms with Gasteiger partial charge in [0.05, 0.1) is 4.92 Å². The van der Waals surface area contributed by atoms with Gasteiger partial charge in [0.2, 0.25) is 5.75 Å². The third-order valence-corrected chi connectivity index (χ3v) is 2.69. The van der Waals surface area contributed by atoms with Gasteiger partial charge in [-0.2, -0.15) is 0 Å². The van der Waals surface area contributed by atoms with Crippen LogP contribution in [0, 0.1) is 15.9 Å². The van der Waals surface area contributed by atoms with E-state index in [9.17, 15) is 14.5 Å². The minimum absolute atomic E-state index is 0.0682. The molecule has 4 nitrogen and oxygen atoms in total. The van der Waals surface area contributed by atoms with Gasteiger partial charge in [0.1, 0.15) is 11.9 Å². The summed E-state index contributed by atoms with van der Waals surface area (Å²) in [5.41, 5.74) is 0.616. The first kappa shape index (κ1) is 13.0. The van der Waals surface area contributed by atoms with Crippen molar-refractivity contribution in [1.29, 1.82) is 0 Å². The van der Waals surface area contributed by atoms with Gasteiger partial charge >= 0.3 is 5.69 Å². The molecule has 0 saturated carbocycles. The highest BCUT2D eigenvalue weighted by molar-refractivity contribution is 5.46. The molecule has 98 valence electrons. The first-order valence-corrected chi connectivity index (χ1v) is 5.73. The lowest BCUT2D eigenvalue weighted by Gasteiger charge is -2.14. The zero-order chi connectivity index (χ0) is 13.8. The first-order chi connectivity index (χ1) is 9.08. The molecule has 0 spiro atoms. The molecule has 0 radical (unpaired) electrons. The Labute approximate surface area is 109 Å². The Balaban J connectivity index is 2.28. The van der Waals surface area contributed by atoms with Gasteiger partial charge in [-0.3, -0.25) is 10.1 Å². The molecule has 19 heavy (non-hydrogen) atoms. The van der Waals surface area contributed by atoms with Crippen LogP contribution in [0.1, 0.15) is 18.6 Å². The van der Waals surface area contributed by atoms with E-state index < -0.39 is 16.8 Å². The highest BCUT2D eigenvalue weighted by atomic mass is 19.1. The van der Waals surface area contributed by atoms with Gasteiger partial charge in [0, 0.05) is 12.1 Å². The first-order valence-electron chi connectivity index (χ1n) is 5.73. The second-order valence-corrected chi connectivity index (χ2v) is 4.04. The van der Waals surface area contributed by atoms with E-state index in [1.807, 2.05) is 30.3 Å². The van der Waals surface area contributed by atoms with Gasteiger partial charge in [0.25, 0.3) is 0 Å². The summed E-state index contributed by atoms with van der Waals surface area (Å²) >= 11 is 0. The number of hydrogen-bond donors (Lipinski definition) is 0. The Kier molecular flexibility index (Phi) is 3.75. The molecule has 0 amide bonds. The quantitative estimate of drug-likeness (QED) is 0.620. The molecule has 0 bridgehead atoms. The van der Waals surface area contributed by atoms with Gasteiger partial charge in [-0.15, -0.1) is 0 Å². The van der Waals surface area contributed by atoms with E-state index in [2.05, 4.69) is 0 Å². The van der Waals surface area contributed by atoms with Crippen molar-refractivity contribution in [2.24, 2.45) is 0 Å². The Morgan fingerprint density at radius 3 is 2.53 bits per heavy atom. The molecule has 0 unspecified atom stereocenters. The van der Waals surface area contributed by atoms with Crippen molar-refractivity contribution in [2.75, 3.05) is 0 Å². The molecule has 0 aliphatic heterocycles. The van der Waals surface area contributed by atoms with Crippen molar-refractivity contribution in [1.82, 2.24) is 0 Å². The Bertz CT molecular complexity index is 586. The molecule has 0 saturated heterocycles. The van der Waals surface area contributed by atoms with Crippen LogP contribution in [-0.4, -0.2) is 4.92 Å². The summed E-state index contributed by atoms with van der Waals surface area (Å²) < 4.78 is 18.7. The molecule has 5 heteroatoms. The van der Waals surface area contributed by atoms with Crippen molar-refractivity contribution in [2.45, 2.75) is 13.0 Å². The maximum absolute atomic E-state index is 13.2. The third kappa shape index (κ3) is 3.07. The van der Waals surface area contributed by atoms with Gasteiger partial charge in [0.15, 0.2) is 0 Å². The third-order valence-electron chi connectivity index (χ3n) is 2.69. The highest BCUT2D eigenvalue weighted by Crippen LogP contribution is 2.31. The fraction of sp³-hybridized carbons (Fsp3) is 0.143. The summed E-state index contributed by atoms with van der Waals surface area (Å²) in [6.07, 6.45) is -0.401. The summed E-state index contributed by atoms with van der Waals surface area (Å²) in [4.78, 5) is 10.3. The van der Waals surface area contributed by atoms with Crippen molar-refractivity contribution >= 4 is 5.69 Å². The van der Waals surface area contributed by atoms with Crippen LogP contribution in [0.5, 0.6) is 5.75 Å². The van der Waals surface area contributed by atoms with Crippen LogP contribution in [0.15, 0.2) is 48.5 Å². The van der Waals surface area contributed by atoms with E-state index in [0.717, 1.165) is 23.8 Å². The van der Waals surface area contributed by atoms with E-state index in [0.29, 0.717) is 0 Å². The lowest BCUT2D eigenvalue weighted by molar-refractivity contribution is -0.386. The number of rotatable bonds is 4. The lowest BCUT2D eigenvalue weighted by Crippen LogP contribution is -2.05. The lowest BCUT2D eigenvalue weighted by atomic mass is 10.1. The molecule has 1 atom stereocenters. The van der Waals surface area contributed by atoms with E-state index in [1.165, 1.54) is 0 Å². The number of hydrogen-bond acceptors (Lipinski definition) is 3. The Morgan fingerprint density at radius 2 is 1.89 bits per heavy atom. The second kappa shape index (κ2) is 5.48. The normalized spacial score (nSPS) is 11.9. The van der Waals surface area contributed by atoms with Gasteiger partial charge in [-0.05, 0) is 18.6 Å². The Morgan fingerprint density at radius 1 is 1.21 bits per heavy atom. The number of benzene rings is 2. The second-order valence-electron chi connectivity index (χ2n) is 4.04. The number of nitro groups is 1. The summed E-state index contributed by atoms with van der Waals surface area (Å²) in [7, 11) is 0. The van der Waals surface area contributed by atoms with Crippen molar-refractivity contribution in [3.8, 4) is 5.75 Å². The molecule has 2 aromatic carbocycles. The molecule has 0 aliphatic carbocycles. The van der Waals surface area contributed by atoms with E-state index in [-0.39, 0.29) is 11.4 Å². The molecule has 0 aliphatic rings. The highest BCUT2D eigenvalue weighted by Gasteiger charge is 2.18. The maximum atomic E-state index is 13.2. The van der Waals surface area contributed by atoms with Crippen molar-refractivity contribution < 1.29 is 14.1 Å². The molecule has 0 heterocycles. The van der Waals surface area contributed by atoms with Gasteiger partial charge in [-0.1, -0.05) is 30.3 Å². The largest absolute Gasteiger partial charge is 0.479 e. The van der Waals surface area contributed by atoms with Crippen LogP contribution in [0.25, 0.3) is 0 Å². The number of nitro benzene ring substituents is 1. The molecule has 0 N–H and O–H groups in total. The van der Waals surface area contributed by atoms with Crippen LogP contribution < -0.4 is 4.74 Å². The average molecular weight is 261 g/mol. The van der Waals surface area contributed by atoms with Crippen LogP contribution in [0.2, 0.25) is 0 Å². The molecule has 0 fully saturated rings. The monoisotopic (exact) mass is 261 g/mol. The molecular formula is C14H12FNO3. The maximum Gasteiger partial charge on any atom is 0.311 e. The summed E-state index contributed by atoms with van der Waals surface area (Å²) in [6.45, 7) is 1.75. The SMILES string of the molecule is C[C@@H](Oc1cc(F)ccc1[N+](=O)[O-])c1ccccc1. The molecule has 0 aromatic heterocycles. The summed E-state index contributed by atoms with van der Waals surface area (Å²) in [5.74, 6) is -0.637. The predicted octanol–water partition coefficient (Wildman–Crippen LogP) is 3.87. The van der Waals surface area contributed by atoms with Crippen LogP contribution in [0.4, 0.5) is 10.1 Å². The van der Waals surface area contributed by atoms with Gasteiger partial charge in [-0.25, -0.2) is 4.39 Å². The minimum Gasteiger partial charge on any atom is -0.479 e. The van der Waals surface area contributed by atoms with Crippen molar-refractivity contribution in [3.05, 3.63) is 70.0 Å². The number of nitrogens with zero attached hydrogens (tertiary/aromatic N) is 1.